The molecule has 1 saturated heterocycles. The fraction of sp³-hybridized carbons (Fsp3) is 0. The van der Waals surface area contributed by atoms with Gasteiger partial charge >= 0.3 is 0 Å². The molecule has 0 saturated carbocycles. The number of aromatic hydroxyl groups is 2. The van der Waals surface area contributed by atoms with E-state index in [0.717, 1.165) is 11.8 Å². The number of hydrogen-bond donors (Lipinski definition) is 3. The molecule has 0 radical (unpaired) electrons. The van der Waals surface area contributed by atoms with Crippen LogP contribution in [0.15, 0.2) is 52.4 Å². The van der Waals surface area contributed by atoms with Gasteiger partial charge in [-0.15, -0.1) is 0 Å². The second-order valence-electron chi connectivity index (χ2n) is 4.68. The molecule has 1 amide bonds. The van der Waals surface area contributed by atoms with Crippen molar-refractivity contribution in [3.8, 4) is 11.5 Å². The van der Waals surface area contributed by atoms with E-state index in [4.69, 9.17) is 11.6 Å². The molecule has 23 heavy (non-hydrogen) atoms. The van der Waals surface area contributed by atoms with E-state index in [0.29, 0.717) is 26.3 Å². The lowest BCUT2D eigenvalue weighted by molar-refractivity contribution is -0.115. The third-order valence-corrected chi connectivity index (χ3v) is 4.25. The highest BCUT2D eigenvalue weighted by Crippen LogP contribution is 2.32. The Morgan fingerprint density at radius 1 is 1.17 bits per heavy atom. The molecule has 5 nitrogen and oxygen atoms in total. The number of amides is 1. The number of hydrogen-bond acceptors (Lipinski definition) is 5. The van der Waals surface area contributed by atoms with Gasteiger partial charge in [0.15, 0.2) is 5.17 Å². The number of halogens is 1. The number of para-hydroxylation sites is 1. The maximum Gasteiger partial charge on any atom is 0.264 e. The van der Waals surface area contributed by atoms with Crippen LogP contribution in [-0.2, 0) is 4.79 Å². The zero-order valence-electron chi connectivity index (χ0n) is 11.7. The van der Waals surface area contributed by atoms with Crippen molar-refractivity contribution in [2.75, 3.05) is 0 Å². The second kappa shape index (κ2) is 6.36. The van der Waals surface area contributed by atoms with Crippen molar-refractivity contribution in [1.82, 2.24) is 5.32 Å². The number of nitrogens with zero attached hydrogens (tertiary/aromatic N) is 1. The molecule has 1 fully saturated rings. The summed E-state index contributed by atoms with van der Waals surface area (Å²) in [5.41, 5.74) is 0.903. The zero-order valence-corrected chi connectivity index (χ0v) is 13.2. The predicted octanol–water partition coefficient (Wildman–Crippen LogP) is 3.64. The monoisotopic (exact) mass is 346 g/mol. The fourth-order valence-electron chi connectivity index (χ4n) is 1.93. The smallest absolute Gasteiger partial charge is 0.264 e. The van der Waals surface area contributed by atoms with Crippen LogP contribution < -0.4 is 5.32 Å². The summed E-state index contributed by atoms with van der Waals surface area (Å²) >= 11 is 7.17. The highest BCUT2D eigenvalue weighted by molar-refractivity contribution is 8.18. The number of thioether (sulfide) groups is 1. The zero-order chi connectivity index (χ0) is 16.4. The first-order valence-electron chi connectivity index (χ1n) is 6.59. The van der Waals surface area contributed by atoms with Crippen LogP contribution in [-0.4, -0.2) is 21.3 Å². The Morgan fingerprint density at radius 2 is 1.96 bits per heavy atom. The van der Waals surface area contributed by atoms with E-state index in [1.807, 2.05) is 0 Å². The van der Waals surface area contributed by atoms with Crippen molar-refractivity contribution in [3.63, 3.8) is 0 Å². The predicted molar refractivity (Wildman–Crippen MR) is 92.0 cm³/mol. The summed E-state index contributed by atoms with van der Waals surface area (Å²) in [7, 11) is 0. The van der Waals surface area contributed by atoms with Gasteiger partial charge in [0.1, 0.15) is 11.5 Å². The summed E-state index contributed by atoms with van der Waals surface area (Å²) in [5.74, 6) is -0.355. The lowest BCUT2D eigenvalue weighted by Gasteiger charge is -2.00. The van der Waals surface area contributed by atoms with Crippen LogP contribution in [0.4, 0.5) is 5.69 Å². The van der Waals surface area contributed by atoms with Gasteiger partial charge in [0.25, 0.3) is 5.91 Å². The van der Waals surface area contributed by atoms with Crippen LogP contribution in [0.1, 0.15) is 5.56 Å². The first kappa shape index (κ1) is 15.5. The number of benzene rings is 2. The number of amidine groups is 1. The summed E-state index contributed by atoms with van der Waals surface area (Å²) in [6.45, 7) is 0. The van der Waals surface area contributed by atoms with E-state index in [1.54, 1.807) is 24.3 Å². The summed E-state index contributed by atoms with van der Waals surface area (Å²) in [4.78, 5) is 16.7. The van der Waals surface area contributed by atoms with Crippen molar-refractivity contribution in [2.24, 2.45) is 4.99 Å². The number of rotatable bonds is 2. The van der Waals surface area contributed by atoms with Gasteiger partial charge in [0.2, 0.25) is 0 Å². The van der Waals surface area contributed by atoms with E-state index in [1.165, 1.54) is 24.3 Å². The average Bonchev–Trinajstić information content (AvgIpc) is 2.85. The SMILES string of the molecule is O=C1NC(=Nc2ccccc2Cl)S/C1=C/c1cc(O)ccc1O. The largest absolute Gasteiger partial charge is 0.508 e. The van der Waals surface area contributed by atoms with Crippen molar-refractivity contribution in [3.05, 3.63) is 58.0 Å². The summed E-state index contributed by atoms with van der Waals surface area (Å²) < 4.78 is 0. The van der Waals surface area contributed by atoms with Crippen LogP contribution in [0.5, 0.6) is 11.5 Å². The van der Waals surface area contributed by atoms with Crippen molar-refractivity contribution >= 4 is 46.2 Å². The Kier molecular flexibility index (Phi) is 4.27. The van der Waals surface area contributed by atoms with E-state index >= 15 is 0 Å². The molecule has 1 heterocycles. The second-order valence-corrected chi connectivity index (χ2v) is 6.11. The van der Waals surface area contributed by atoms with Crippen LogP contribution in [0.2, 0.25) is 5.02 Å². The maximum absolute atomic E-state index is 12.0. The van der Waals surface area contributed by atoms with Gasteiger partial charge in [0.05, 0.1) is 15.6 Å². The van der Waals surface area contributed by atoms with E-state index in [9.17, 15) is 15.0 Å². The molecule has 3 rings (SSSR count). The molecule has 0 atom stereocenters. The standard InChI is InChI=1S/C16H11ClN2O3S/c17-11-3-1-2-4-12(11)18-16-19-15(22)14(23-16)8-9-7-10(20)5-6-13(9)21/h1-8,20-21H,(H,18,19,22)/b14-8+. The minimum absolute atomic E-state index is 0.00279. The number of aliphatic imine (C=N–C) groups is 1. The molecule has 0 aromatic heterocycles. The van der Waals surface area contributed by atoms with Crippen LogP contribution in [0, 0.1) is 0 Å². The van der Waals surface area contributed by atoms with Crippen LogP contribution in [0.3, 0.4) is 0 Å². The highest BCUT2D eigenvalue weighted by atomic mass is 35.5. The third-order valence-electron chi connectivity index (χ3n) is 3.02. The van der Waals surface area contributed by atoms with Gasteiger partial charge in [-0.1, -0.05) is 23.7 Å². The molecular formula is C16H11ClN2O3S. The first-order chi connectivity index (χ1) is 11.0. The molecule has 0 bridgehead atoms. The maximum atomic E-state index is 12.0. The summed E-state index contributed by atoms with van der Waals surface area (Å²) in [6.07, 6.45) is 1.49. The Balaban J connectivity index is 1.90. The Bertz CT molecular complexity index is 849. The fourth-order valence-corrected chi connectivity index (χ4v) is 2.93. The number of phenolic OH excluding ortho intramolecular Hbond substituents is 2. The number of carbonyl (C=O) groups is 1. The lowest BCUT2D eigenvalue weighted by Crippen LogP contribution is -2.19. The molecule has 3 N–H and O–H groups in total. The molecule has 7 heteroatoms. The van der Waals surface area contributed by atoms with Gasteiger partial charge in [-0.25, -0.2) is 4.99 Å². The molecule has 1 aliphatic heterocycles. The van der Waals surface area contributed by atoms with Crippen molar-refractivity contribution in [2.45, 2.75) is 0 Å². The van der Waals surface area contributed by atoms with Gasteiger partial charge in [-0.3, -0.25) is 4.79 Å². The van der Waals surface area contributed by atoms with Crippen molar-refractivity contribution < 1.29 is 15.0 Å². The molecule has 116 valence electrons. The summed E-state index contributed by atoms with van der Waals surface area (Å²) in [5, 5.41) is 22.8. The van der Waals surface area contributed by atoms with Crippen molar-refractivity contribution in [1.29, 1.82) is 0 Å². The minimum atomic E-state index is -0.330. The highest BCUT2D eigenvalue weighted by Gasteiger charge is 2.24. The Morgan fingerprint density at radius 3 is 2.74 bits per heavy atom. The number of phenols is 2. The number of nitrogens with one attached hydrogen (secondary N) is 1. The normalized spacial score (nSPS) is 17.7. The molecule has 0 unspecified atom stereocenters. The lowest BCUT2D eigenvalue weighted by atomic mass is 10.1. The van der Waals surface area contributed by atoms with Crippen LogP contribution in [0.25, 0.3) is 6.08 Å². The minimum Gasteiger partial charge on any atom is -0.508 e. The molecule has 2 aromatic rings. The van der Waals surface area contributed by atoms with E-state index in [-0.39, 0.29) is 17.4 Å². The topological polar surface area (TPSA) is 81.9 Å². The third kappa shape index (κ3) is 3.49. The molecule has 0 aliphatic carbocycles. The van der Waals surface area contributed by atoms with E-state index in [2.05, 4.69) is 10.3 Å². The van der Waals surface area contributed by atoms with Gasteiger partial charge in [-0.2, -0.15) is 0 Å². The quantitative estimate of drug-likeness (QED) is 0.572. The molecular weight excluding hydrogens is 336 g/mol. The van der Waals surface area contributed by atoms with Gasteiger partial charge in [0, 0.05) is 5.56 Å². The van der Waals surface area contributed by atoms with E-state index < -0.39 is 0 Å². The molecule has 0 spiro atoms. The molecule has 1 aliphatic rings. The average molecular weight is 347 g/mol. The molecule has 2 aromatic carbocycles. The Hall–Kier alpha value is -2.44. The van der Waals surface area contributed by atoms with Gasteiger partial charge in [-0.05, 0) is 48.2 Å². The first-order valence-corrected chi connectivity index (χ1v) is 7.78. The van der Waals surface area contributed by atoms with Gasteiger partial charge < -0.3 is 15.5 Å². The number of carbonyl (C=O) groups excluding carboxylic acids is 1. The van der Waals surface area contributed by atoms with Crippen LogP contribution >= 0.6 is 23.4 Å². The summed E-state index contributed by atoms with van der Waals surface area (Å²) in [6, 6.07) is 11.1. The Labute approximate surface area is 141 Å².